The lowest BCUT2D eigenvalue weighted by Crippen LogP contribution is -2.40. The Kier molecular flexibility index (Phi) is 3.84. The van der Waals surface area contributed by atoms with E-state index in [0.717, 1.165) is 30.6 Å². The van der Waals surface area contributed by atoms with E-state index in [1.807, 2.05) is 17.5 Å². The maximum atomic E-state index is 11.8. The molecule has 0 spiro atoms. The molecule has 0 bridgehead atoms. The number of carbonyl (C=O) groups excluding carboxylic acids is 1. The predicted molar refractivity (Wildman–Crippen MR) is 68.9 cm³/mol. The quantitative estimate of drug-likeness (QED) is 0.864. The average molecular weight is 253 g/mol. The molecule has 1 atom stereocenters. The minimum absolute atomic E-state index is 0.0966. The van der Waals surface area contributed by atoms with E-state index >= 15 is 0 Å². The fourth-order valence-electron chi connectivity index (χ4n) is 2.26. The molecule has 0 aromatic carbocycles. The van der Waals surface area contributed by atoms with Crippen molar-refractivity contribution in [1.82, 2.24) is 5.32 Å². The van der Waals surface area contributed by atoms with E-state index in [1.165, 1.54) is 11.3 Å². The number of thiophene rings is 1. The molecule has 1 unspecified atom stereocenters. The van der Waals surface area contributed by atoms with Crippen LogP contribution in [-0.2, 0) is 10.4 Å². The van der Waals surface area contributed by atoms with Crippen LogP contribution in [0.5, 0.6) is 0 Å². The molecular weight excluding hydrogens is 234 g/mol. The molecule has 2 N–H and O–H groups in total. The standard InChI is InChI=1S/C13H19NO2S/c1-13(16,11-7-4-8-17-11)9-14-12(15)10-5-2-3-6-10/h4,7-8,10,16H,2-3,5-6,9H2,1H3,(H,14,15). The number of hydrogen-bond acceptors (Lipinski definition) is 3. The van der Waals surface area contributed by atoms with Gasteiger partial charge in [-0.1, -0.05) is 18.9 Å². The summed E-state index contributed by atoms with van der Waals surface area (Å²) in [4.78, 5) is 12.7. The van der Waals surface area contributed by atoms with Crippen LogP contribution in [0, 0.1) is 5.92 Å². The predicted octanol–water partition coefficient (Wildman–Crippen LogP) is 2.26. The van der Waals surface area contributed by atoms with E-state index in [1.54, 1.807) is 6.92 Å². The second-order valence-corrected chi connectivity index (χ2v) is 5.90. The summed E-state index contributed by atoms with van der Waals surface area (Å²) in [6.07, 6.45) is 4.29. The average Bonchev–Trinajstić information content (AvgIpc) is 2.97. The number of nitrogens with one attached hydrogen (secondary N) is 1. The number of rotatable bonds is 4. The van der Waals surface area contributed by atoms with Crippen molar-refractivity contribution in [2.75, 3.05) is 6.54 Å². The molecule has 1 amide bonds. The van der Waals surface area contributed by atoms with Gasteiger partial charge in [-0.3, -0.25) is 4.79 Å². The van der Waals surface area contributed by atoms with E-state index in [9.17, 15) is 9.90 Å². The molecule has 94 valence electrons. The van der Waals surface area contributed by atoms with Crippen molar-refractivity contribution in [3.63, 3.8) is 0 Å². The Morgan fingerprint density at radius 2 is 2.29 bits per heavy atom. The molecule has 1 fully saturated rings. The highest BCUT2D eigenvalue weighted by Gasteiger charge is 2.28. The van der Waals surface area contributed by atoms with Gasteiger partial charge in [0.1, 0.15) is 5.60 Å². The van der Waals surface area contributed by atoms with Crippen molar-refractivity contribution in [3.8, 4) is 0 Å². The van der Waals surface area contributed by atoms with Gasteiger partial charge in [0.25, 0.3) is 0 Å². The summed E-state index contributed by atoms with van der Waals surface area (Å²) >= 11 is 1.51. The molecule has 2 rings (SSSR count). The number of carbonyl (C=O) groups is 1. The third-order valence-electron chi connectivity index (χ3n) is 3.38. The van der Waals surface area contributed by atoms with Crippen LogP contribution in [0.15, 0.2) is 17.5 Å². The molecule has 1 aliphatic carbocycles. The van der Waals surface area contributed by atoms with Gasteiger partial charge in [-0.15, -0.1) is 11.3 Å². The molecule has 0 saturated heterocycles. The molecule has 1 aliphatic rings. The lowest BCUT2D eigenvalue weighted by Gasteiger charge is -2.23. The van der Waals surface area contributed by atoms with Gasteiger partial charge in [0, 0.05) is 10.8 Å². The molecule has 0 radical (unpaired) electrons. The minimum atomic E-state index is -0.956. The summed E-state index contributed by atoms with van der Waals surface area (Å²) in [5.41, 5.74) is -0.956. The third kappa shape index (κ3) is 3.07. The zero-order valence-corrected chi connectivity index (χ0v) is 10.9. The first kappa shape index (κ1) is 12.6. The second-order valence-electron chi connectivity index (χ2n) is 4.95. The molecule has 17 heavy (non-hydrogen) atoms. The van der Waals surface area contributed by atoms with Gasteiger partial charge in [-0.2, -0.15) is 0 Å². The van der Waals surface area contributed by atoms with Gasteiger partial charge < -0.3 is 10.4 Å². The highest BCUT2D eigenvalue weighted by atomic mass is 32.1. The summed E-state index contributed by atoms with van der Waals surface area (Å²) in [5, 5.41) is 15.1. The highest BCUT2D eigenvalue weighted by molar-refractivity contribution is 7.10. The maximum absolute atomic E-state index is 11.8. The van der Waals surface area contributed by atoms with Crippen LogP contribution in [-0.4, -0.2) is 17.6 Å². The summed E-state index contributed by atoms with van der Waals surface area (Å²) in [6, 6.07) is 3.81. The van der Waals surface area contributed by atoms with Crippen molar-refractivity contribution < 1.29 is 9.90 Å². The Bertz CT molecular complexity index is 367. The maximum Gasteiger partial charge on any atom is 0.223 e. The minimum Gasteiger partial charge on any atom is -0.383 e. The van der Waals surface area contributed by atoms with Crippen molar-refractivity contribution in [1.29, 1.82) is 0 Å². The summed E-state index contributed by atoms with van der Waals surface area (Å²) < 4.78 is 0. The number of hydrogen-bond donors (Lipinski definition) is 2. The highest BCUT2D eigenvalue weighted by Crippen LogP contribution is 2.26. The molecule has 0 aliphatic heterocycles. The van der Waals surface area contributed by atoms with E-state index in [-0.39, 0.29) is 11.8 Å². The SMILES string of the molecule is CC(O)(CNC(=O)C1CCCC1)c1cccs1. The first-order valence-electron chi connectivity index (χ1n) is 6.14. The molecule has 1 saturated carbocycles. The van der Waals surface area contributed by atoms with Gasteiger partial charge in [0.15, 0.2) is 0 Å². The first-order chi connectivity index (χ1) is 8.09. The van der Waals surface area contributed by atoms with Crippen molar-refractivity contribution >= 4 is 17.2 Å². The Hall–Kier alpha value is -0.870. The van der Waals surface area contributed by atoms with Gasteiger partial charge in [0.2, 0.25) is 5.91 Å². The fraction of sp³-hybridized carbons (Fsp3) is 0.615. The molecule has 1 aromatic rings. The monoisotopic (exact) mass is 253 g/mol. The van der Waals surface area contributed by atoms with Crippen LogP contribution in [0.4, 0.5) is 0 Å². The van der Waals surface area contributed by atoms with Crippen LogP contribution < -0.4 is 5.32 Å². The van der Waals surface area contributed by atoms with Gasteiger partial charge in [-0.25, -0.2) is 0 Å². The molecule has 1 heterocycles. The fourth-order valence-corrected chi connectivity index (χ4v) is 3.05. The number of aliphatic hydroxyl groups is 1. The van der Waals surface area contributed by atoms with Crippen LogP contribution in [0.3, 0.4) is 0 Å². The van der Waals surface area contributed by atoms with Crippen molar-refractivity contribution in [2.24, 2.45) is 5.92 Å². The van der Waals surface area contributed by atoms with Crippen LogP contribution in [0.2, 0.25) is 0 Å². The Morgan fingerprint density at radius 3 is 2.88 bits per heavy atom. The Labute approximate surface area is 106 Å². The Morgan fingerprint density at radius 1 is 1.59 bits per heavy atom. The molecule has 4 heteroatoms. The van der Waals surface area contributed by atoms with Gasteiger partial charge in [-0.05, 0) is 31.2 Å². The van der Waals surface area contributed by atoms with Gasteiger partial charge in [0.05, 0.1) is 6.54 Å². The summed E-state index contributed by atoms with van der Waals surface area (Å²) in [6.45, 7) is 2.04. The van der Waals surface area contributed by atoms with E-state index < -0.39 is 5.60 Å². The lowest BCUT2D eigenvalue weighted by atomic mass is 10.0. The lowest BCUT2D eigenvalue weighted by molar-refractivity contribution is -0.126. The van der Waals surface area contributed by atoms with Crippen LogP contribution in [0.25, 0.3) is 0 Å². The van der Waals surface area contributed by atoms with Gasteiger partial charge >= 0.3 is 0 Å². The van der Waals surface area contributed by atoms with Crippen LogP contribution in [0.1, 0.15) is 37.5 Å². The third-order valence-corrected chi connectivity index (χ3v) is 4.51. The Balaban J connectivity index is 1.87. The zero-order valence-electron chi connectivity index (χ0n) is 10.1. The summed E-state index contributed by atoms with van der Waals surface area (Å²) in [7, 11) is 0. The topological polar surface area (TPSA) is 49.3 Å². The molecule has 1 aromatic heterocycles. The van der Waals surface area contributed by atoms with E-state index in [4.69, 9.17) is 0 Å². The normalized spacial score (nSPS) is 20.1. The summed E-state index contributed by atoms with van der Waals surface area (Å²) in [5.74, 6) is 0.258. The second kappa shape index (κ2) is 5.19. The zero-order chi connectivity index (χ0) is 12.3. The molecule has 3 nitrogen and oxygen atoms in total. The van der Waals surface area contributed by atoms with Crippen molar-refractivity contribution in [2.45, 2.75) is 38.2 Å². The largest absolute Gasteiger partial charge is 0.383 e. The number of amides is 1. The van der Waals surface area contributed by atoms with E-state index in [2.05, 4.69) is 5.32 Å². The molecular formula is C13H19NO2S. The van der Waals surface area contributed by atoms with E-state index in [0.29, 0.717) is 6.54 Å². The smallest absolute Gasteiger partial charge is 0.223 e. The first-order valence-corrected chi connectivity index (χ1v) is 7.01. The van der Waals surface area contributed by atoms with Crippen LogP contribution >= 0.6 is 11.3 Å². The van der Waals surface area contributed by atoms with Crippen molar-refractivity contribution in [3.05, 3.63) is 22.4 Å².